The van der Waals surface area contributed by atoms with Crippen LogP contribution in [0.4, 0.5) is 5.82 Å². The second-order valence-electron chi connectivity index (χ2n) is 5.78. The zero-order valence-electron chi connectivity index (χ0n) is 12.5. The first kappa shape index (κ1) is 15.9. The molecule has 0 saturated heterocycles. The van der Waals surface area contributed by atoms with Crippen molar-refractivity contribution in [2.24, 2.45) is 0 Å². The van der Waals surface area contributed by atoms with Crippen molar-refractivity contribution < 1.29 is 10.2 Å². The summed E-state index contributed by atoms with van der Waals surface area (Å²) in [7, 11) is 0. The highest BCUT2D eigenvalue weighted by molar-refractivity contribution is 5.43. The maximum absolute atomic E-state index is 9.40. The third-order valence-corrected chi connectivity index (χ3v) is 3.11. The third-order valence-electron chi connectivity index (χ3n) is 3.11. The molecule has 0 aliphatic rings. The zero-order valence-corrected chi connectivity index (χ0v) is 12.5. The van der Waals surface area contributed by atoms with Gasteiger partial charge in [0.05, 0.1) is 6.61 Å². The Morgan fingerprint density at radius 2 is 1.89 bits per heavy atom. The number of hydrogen-bond donors (Lipinski definition) is 2. The molecule has 1 aromatic heterocycles. The van der Waals surface area contributed by atoms with Crippen LogP contribution in [0, 0.1) is 0 Å². The first-order valence-corrected chi connectivity index (χ1v) is 6.90. The van der Waals surface area contributed by atoms with Gasteiger partial charge in [0.25, 0.3) is 0 Å². The Morgan fingerprint density at radius 3 is 2.37 bits per heavy atom. The fraction of sp³-hybridized carbons (Fsp3) is 0.667. The fourth-order valence-corrected chi connectivity index (χ4v) is 1.90. The zero-order chi connectivity index (χ0) is 14.5. The summed E-state index contributed by atoms with van der Waals surface area (Å²) in [6.45, 7) is 10.2. The van der Waals surface area contributed by atoms with Gasteiger partial charge in [-0.1, -0.05) is 20.8 Å². The van der Waals surface area contributed by atoms with Gasteiger partial charge in [0.15, 0.2) is 0 Å². The first-order chi connectivity index (χ1) is 8.92. The predicted octanol–water partition coefficient (Wildman–Crippen LogP) is 2.08. The quantitative estimate of drug-likeness (QED) is 0.827. The van der Waals surface area contributed by atoms with Crippen molar-refractivity contribution >= 4 is 5.82 Å². The van der Waals surface area contributed by atoms with Crippen molar-refractivity contribution in [2.45, 2.75) is 46.1 Å². The molecule has 108 valence electrons. The second kappa shape index (κ2) is 6.87. The van der Waals surface area contributed by atoms with E-state index < -0.39 is 0 Å². The van der Waals surface area contributed by atoms with E-state index in [1.54, 1.807) is 0 Å². The molecule has 0 spiro atoms. The Labute approximate surface area is 116 Å². The highest BCUT2D eigenvalue weighted by atomic mass is 16.3. The van der Waals surface area contributed by atoms with Crippen LogP contribution >= 0.6 is 0 Å². The third kappa shape index (κ3) is 4.48. The number of anilines is 1. The summed E-state index contributed by atoms with van der Waals surface area (Å²) < 4.78 is 0. The van der Waals surface area contributed by atoms with Crippen LogP contribution in [0.25, 0.3) is 0 Å². The number of aliphatic hydroxyl groups is 2. The summed E-state index contributed by atoms with van der Waals surface area (Å²) in [6, 6.07) is 3.89. The van der Waals surface area contributed by atoms with Gasteiger partial charge in [-0.05, 0) is 31.0 Å². The molecule has 0 aromatic carbocycles. The molecule has 0 unspecified atom stereocenters. The summed E-state index contributed by atoms with van der Waals surface area (Å²) in [6.07, 6.45) is 0.726. The van der Waals surface area contributed by atoms with Crippen LogP contribution < -0.4 is 4.90 Å². The van der Waals surface area contributed by atoms with Gasteiger partial charge in [-0.25, -0.2) is 4.98 Å². The molecule has 2 N–H and O–H groups in total. The summed E-state index contributed by atoms with van der Waals surface area (Å²) in [5.74, 6) is 0.882. The van der Waals surface area contributed by atoms with E-state index >= 15 is 0 Å². The minimum absolute atomic E-state index is 0.0240. The molecular weight excluding hydrogens is 240 g/mol. The average Bonchev–Trinajstić information content (AvgIpc) is 2.38. The van der Waals surface area contributed by atoms with Gasteiger partial charge in [0.2, 0.25) is 0 Å². The highest BCUT2D eigenvalue weighted by Gasteiger charge is 2.18. The molecule has 0 saturated carbocycles. The van der Waals surface area contributed by atoms with Gasteiger partial charge >= 0.3 is 0 Å². The van der Waals surface area contributed by atoms with Crippen LogP contribution in [0.1, 0.15) is 45.4 Å². The Morgan fingerprint density at radius 1 is 1.21 bits per heavy atom. The molecule has 1 rings (SSSR count). The summed E-state index contributed by atoms with van der Waals surface area (Å²) in [4.78, 5) is 6.84. The number of aromatic nitrogens is 1. The molecule has 0 amide bonds. The lowest BCUT2D eigenvalue weighted by atomic mass is 9.91. The van der Waals surface area contributed by atoms with Gasteiger partial charge in [0, 0.05) is 30.8 Å². The lowest BCUT2D eigenvalue weighted by Crippen LogP contribution is -2.27. The Bertz CT molecular complexity index is 400. The lowest BCUT2D eigenvalue weighted by molar-refractivity contribution is 0.281. The summed E-state index contributed by atoms with van der Waals surface area (Å²) >= 11 is 0. The maximum Gasteiger partial charge on any atom is 0.129 e. The van der Waals surface area contributed by atoms with E-state index in [0.717, 1.165) is 36.6 Å². The standard InChI is InChI=1S/C15H26N2O2/c1-5-17(7-6-8-18)14-10-12(11-19)9-13(16-14)15(2,3)4/h9-10,18-19H,5-8,11H2,1-4H3. The molecule has 1 aromatic rings. The van der Waals surface area contributed by atoms with E-state index in [-0.39, 0.29) is 18.6 Å². The van der Waals surface area contributed by atoms with Crippen molar-refractivity contribution in [3.05, 3.63) is 23.4 Å². The van der Waals surface area contributed by atoms with Crippen LogP contribution in [0.5, 0.6) is 0 Å². The molecule has 1 heterocycles. The molecule has 0 bridgehead atoms. The largest absolute Gasteiger partial charge is 0.396 e. The van der Waals surface area contributed by atoms with E-state index in [0.29, 0.717) is 0 Å². The van der Waals surface area contributed by atoms with Crippen LogP contribution in [0.3, 0.4) is 0 Å². The predicted molar refractivity (Wildman–Crippen MR) is 78.4 cm³/mol. The molecule has 0 aliphatic heterocycles. The minimum Gasteiger partial charge on any atom is -0.396 e. The van der Waals surface area contributed by atoms with Gasteiger partial charge in [-0.2, -0.15) is 0 Å². The van der Waals surface area contributed by atoms with Gasteiger partial charge < -0.3 is 15.1 Å². The van der Waals surface area contributed by atoms with E-state index in [1.807, 2.05) is 12.1 Å². The van der Waals surface area contributed by atoms with Gasteiger partial charge in [0.1, 0.15) is 5.82 Å². The van der Waals surface area contributed by atoms with Crippen LogP contribution in [0.15, 0.2) is 12.1 Å². The van der Waals surface area contributed by atoms with Crippen molar-refractivity contribution in [3.63, 3.8) is 0 Å². The average molecular weight is 266 g/mol. The monoisotopic (exact) mass is 266 g/mol. The molecule has 0 radical (unpaired) electrons. The highest BCUT2D eigenvalue weighted by Crippen LogP contribution is 2.25. The number of aliphatic hydroxyl groups excluding tert-OH is 2. The number of rotatable bonds is 6. The molecule has 4 nitrogen and oxygen atoms in total. The maximum atomic E-state index is 9.40. The van der Waals surface area contributed by atoms with E-state index in [1.165, 1.54) is 0 Å². The van der Waals surface area contributed by atoms with Gasteiger partial charge in [-0.3, -0.25) is 0 Å². The van der Waals surface area contributed by atoms with Crippen molar-refractivity contribution in [1.29, 1.82) is 0 Å². The van der Waals surface area contributed by atoms with Crippen molar-refractivity contribution in [1.82, 2.24) is 4.98 Å². The van der Waals surface area contributed by atoms with Crippen molar-refractivity contribution in [2.75, 3.05) is 24.6 Å². The summed E-state index contributed by atoms with van der Waals surface area (Å²) in [5.41, 5.74) is 1.82. The van der Waals surface area contributed by atoms with Crippen molar-refractivity contribution in [3.8, 4) is 0 Å². The minimum atomic E-state index is -0.0453. The first-order valence-electron chi connectivity index (χ1n) is 6.90. The molecule has 0 fully saturated rings. The number of pyridine rings is 1. The SMILES string of the molecule is CCN(CCCO)c1cc(CO)cc(C(C)(C)C)n1. The van der Waals surface area contributed by atoms with E-state index in [9.17, 15) is 5.11 Å². The lowest BCUT2D eigenvalue weighted by Gasteiger charge is -2.26. The number of hydrogen-bond acceptors (Lipinski definition) is 4. The Kier molecular flexibility index (Phi) is 5.76. The molecule has 0 aliphatic carbocycles. The second-order valence-corrected chi connectivity index (χ2v) is 5.78. The molecule has 4 heteroatoms. The molecule has 0 atom stereocenters. The topological polar surface area (TPSA) is 56.6 Å². The van der Waals surface area contributed by atoms with Crippen LogP contribution in [0.2, 0.25) is 0 Å². The Hall–Kier alpha value is -1.13. The van der Waals surface area contributed by atoms with Crippen LogP contribution in [-0.2, 0) is 12.0 Å². The van der Waals surface area contributed by atoms with Gasteiger partial charge in [-0.15, -0.1) is 0 Å². The smallest absolute Gasteiger partial charge is 0.129 e. The fourth-order valence-electron chi connectivity index (χ4n) is 1.90. The van der Waals surface area contributed by atoms with E-state index in [2.05, 4.69) is 32.6 Å². The van der Waals surface area contributed by atoms with E-state index in [4.69, 9.17) is 10.1 Å². The number of nitrogens with zero attached hydrogens (tertiary/aromatic N) is 2. The normalized spacial score (nSPS) is 11.7. The Balaban J connectivity index is 3.11. The molecular formula is C15H26N2O2. The molecule has 19 heavy (non-hydrogen) atoms. The van der Waals surface area contributed by atoms with Crippen LogP contribution in [-0.4, -0.2) is 34.9 Å². The summed E-state index contributed by atoms with van der Waals surface area (Å²) in [5, 5.41) is 18.4.